The van der Waals surface area contributed by atoms with Crippen LogP contribution >= 0.6 is 11.6 Å². The molecule has 1 aromatic heterocycles. The van der Waals surface area contributed by atoms with Gasteiger partial charge in [-0.1, -0.05) is 35.9 Å². The summed E-state index contributed by atoms with van der Waals surface area (Å²) in [5.41, 5.74) is 6.33. The van der Waals surface area contributed by atoms with Gasteiger partial charge in [0.15, 0.2) is 11.5 Å². The lowest BCUT2D eigenvalue weighted by Gasteiger charge is -2.28. The second-order valence-electron chi connectivity index (χ2n) is 13.7. The molecule has 10 nitrogen and oxygen atoms in total. The van der Waals surface area contributed by atoms with E-state index in [0.717, 1.165) is 90.3 Å². The molecule has 11 heteroatoms. The highest BCUT2D eigenvalue weighted by atomic mass is 35.5. The number of aliphatic hydroxyl groups is 2. The Hall–Kier alpha value is -4.37. The van der Waals surface area contributed by atoms with Crippen molar-refractivity contribution in [3.05, 3.63) is 99.8 Å². The van der Waals surface area contributed by atoms with Gasteiger partial charge in [0.2, 0.25) is 0 Å². The van der Waals surface area contributed by atoms with E-state index < -0.39 is 0 Å². The van der Waals surface area contributed by atoms with Crippen molar-refractivity contribution >= 4 is 11.6 Å². The van der Waals surface area contributed by atoms with Gasteiger partial charge in [-0.05, 0) is 66.3 Å². The van der Waals surface area contributed by atoms with Crippen LogP contribution in [0.2, 0.25) is 5.02 Å². The molecular formula is C40H43ClN4O6. The van der Waals surface area contributed by atoms with Gasteiger partial charge in [-0.25, -0.2) is 0 Å². The number of ether oxygens (including phenoxy) is 4. The van der Waals surface area contributed by atoms with Gasteiger partial charge in [0.05, 0.1) is 22.8 Å². The summed E-state index contributed by atoms with van der Waals surface area (Å²) in [6.45, 7) is 7.58. The van der Waals surface area contributed by atoms with E-state index in [4.69, 9.17) is 30.5 Å². The van der Waals surface area contributed by atoms with E-state index in [1.165, 1.54) is 6.20 Å². The number of aromatic nitrogens is 1. The maximum atomic E-state index is 10.1. The molecule has 266 valence electrons. The first-order chi connectivity index (χ1) is 24.8. The van der Waals surface area contributed by atoms with Gasteiger partial charge in [-0.3, -0.25) is 9.88 Å². The van der Waals surface area contributed by atoms with Crippen LogP contribution < -0.4 is 18.9 Å². The van der Waals surface area contributed by atoms with Gasteiger partial charge in [-0.2, -0.15) is 5.26 Å². The summed E-state index contributed by atoms with van der Waals surface area (Å²) in [5.74, 6) is 2.61. The number of pyridine rings is 1. The zero-order valence-corrected chi connectivity index (χ0v) is 29.5. The molecule has 0 radical (unpaired) electrons. The number of nitrogens with zero attached hydrogens (tertiary/aromatic N) is 4. The van der Waals surface area contributed by atoms with Crippen LogP contribution in [0.15, 0.2) is 67.0 Å². The maximum absolute atomic E-state index is 10.1. The fraction of sp³-hybridized carbons (Fsp3) is 0.400. The molecule has 0 saturated carbocycles. The first-order valence-corrected chi connectivity index (χ1v) is 17.9. The molecule has 1 unspecified atom stereocenters. The molecule has 0 spiro atoms. The number of hydrogen-bond donors (Lipinski definition) is 2. The van der Waals surface area contributed by atoms with Crippen LogP contribution in [0.3, 0.4) is 0 Å². The Kier molecular flexibility index (Phi) is 10.9. The van der Waals surface area contributed by atoms with Crippen LogP contribution in [0.25, 0.3) is 11.1 Å². The molecular weight excluding hydrogens is 668 g/mol. The number of likely N-dealkylation sites (tertiary alicyclic amines) is 2. The van der Waals surface area contributed by atoms with Gasteiger partial charge in [-0.15, -0.1) is 0 Å². The van der Waals surface area contributed by atoms with Crippen LogP contribution in [0.1, 0.15) is 47.1 Å². The monoisotopic (exact) mass is 710 g/mol. The predicted octanol–water partition coefficient (Wildman–Crippen LogP) is 5.90. The SMILES string of the molecule is Cc1c(COc2cc(OCc3cncc(C#N)c3)c(CN3CC[C@H](O)C3)cc2Cl)cccc1-c1ccc2c(c1)OC(CCN1CC[C@H](O)C1)CO2. The third-order valence-corrected chi connectivity index (χ3v) is 10.2. The lowest BCUT2D eigenvalue weighted by atomic mass is 9.96. The minimum Gasteiger partial charge on any atom is -0.488 e. The summed E-state index contributed by atoms with van der Waals surface area (Å²) in [6, 6.07) is 19.8. The first-order valence-electron chi connectivity index (χ1n) is 17.6. The zero-order valence-electron chi connectivity index (χ0n) is 28.8. The summed E-state index contributed by atoms with van der Waals surface area (Å²) in [4.78, 5) is 8.61. The Morgan fingerprint density at radius 1 is 0.922 bits per heavy atom. The van der Waals surface area contributed by atoms with Crippen molar-refractivity contribution in [2.75, 3.05) is 39.3 Å². The lowest BCUT2D eigenvalue weighted by molar-refractivity contribution is 0.0757. The summed E-state index contributed by atoms with van der Waals surface area (Å²) >= 11 is 6.82. The molecule has 0 bridgehead atoms. The van der Waals surface area contributed by atoms with Crippen molar-refractivity contribution in [2.45, 2.75) is 64.3 Å². The van der Waals surface area contributed by atoms with Gasteiger partial charge < -0.3 is 34.1 Å². The minimum atomic E-state index is -0.341. The highest BCUT2D eigenvalue weighted by molar-refractivity contribution is 6.32. The average molecular weight is 711 g/mol. The van der Waals surface area contributed by atoms with Crippen molar-refractivity contribution < 1.29 is 29.2 Å². The molecule has 3 aliphatic rings. The van der Waals surface area contributed by atoms with E-state index in [9.17, 15) is 15.5 Å². The number of fused-ring (bicyclic) bond motifs is 1. The van der Waals surface area contributed by atoms with Gasteiger partial charge in [0.1, 0.15) is 43.5 Å². The molecule has 2 saturated heterocycles. The summed E-state index contributed by atoms with van der Waals surface area (Å²) in [5, 5.41) is 29.7. The maximum Gasteiger partial charge on any atom is 0.162 e. The van der Waals surface area contributed by atoms with Gasteiger partial charge >= 0.3 is 0 Å². The first kappa shape index (κ1) is 35.1. The smallest absolute Gasteiger partial charge is 0.162 e. The Labute approximate surface area is 303 Å². The number of aliphatic hydroxyl groups excluding tert-OH is 2. The van der Waals surface area contributed by atoms with Crippen LogP contribution in [-0.4, -0.2) is 82.6 Å². The standard InChI is InChI=1S/C40H43ClN4O6/c1-26-30(3-2-4-35(26)29-5-6-37-40(15-29)51-34(25-50-37)9-12-44-10-7-32(46)21-44)24-49-39-16-38(48-23-28-13-27(17-42)18-43-19-28)31(14-36(39)41)20-45-11-8-33(47)22-45/h2-6,13-16,18-19,32-34,46-47H,7-12,20-25H2,1H3/t32-,33-,34?/m0/s1. The molecule has 3 atom stereocenters. The summed E-state index contributed by atoms with van der Waals surface area (Å²) in [7, 11) is 0. The Morgan fingerprint density at radius 2 is 1.73 bits per heavy atom. The van der Waals surface area contributed by atoms with Crippen molar-refractivity contribution in [2.24, 2.45) is 0 Å². The largest absolute Gasteiger partial charge is 0.488 e. The molecule has 3 aromatic carbocycles. The number of hydrogen-bond acceptors (Lipinski definition) is 10. The van der Waals surface area contributed by atoms with Crippen molar-refractivity contribution in [1.29, 1.82) is 5.26 Å². The molecule has 2 N–H and O–H groups in total. The summed E-state index contributed by atoms with van der Waals surface area (Å²) in [6.07, 6.45) is 4.99. The van der Waals surface area contributed by atoms with E-state index in [0.29, 0.717) is 48.4 Å². The third kappa shape index (κ3) is 8.58. The van der Waals surface area contributed by atoms with E-state index in [1.54, 1.807) is 12.3 Å². The van der Waals surface area contributed by atoms with Gasteiger partial charge in [0.25, 0.3) is 0 Å². The van der Waals surface area contributed by atoms with E-state index in [1.807, 2.05) is 24.3 Å². The molecule has 51 heavy (non-hydrogen) atoms. The number of nitriles is 1. The summed E-state index contributed by atoms with van der Waals surface area (Å²) < 4.78 is 25.1. The topological polar surface area (TPSA) is 121 Å². The number of benzene rings is 3. The Bertz CT molecular complexity index is 1900. The average Bonchev–Trinajstić information content (AvgIpc) is 3.76. The molecule has 3 aliphatic heterocycles. The predicted molar refractivity (Wildman–Crippen MR) is 193 cm³/mol. The Balaban J connectivity index is 1.06. The number of β-amino-alcohol motifs (C(OH)–C–C–N with tert-alkyl or cyclic N) is 2. The molecule has 4 heterocycles. The molecule has 0 aliphatic carbocycles. The lowest BCUT2D eigenvalue weighted by Crippen LogP contribution is -2.34. The van der Waals surface area contributed by atoms with E-state index in [-0.39, 0.29) is 24.9 Å². The normalized spacial score (nSPS) is 20.3. The zero-order chi connectivity index (χ0) is 35.3. The van der Waals surface area contributed by atoms with Crippen LogP contribution in [-0.2, 0) is 19.8 Å². The molecule has 4 aromatic rings. The van der Waals surface area contributed by atoms with E-state index >= 15 is 0 Å². The third-order valence-electron chi connectivity index (χ3n) is 9.89. The fourth-order valence-electron chi connectivity index (χ4n) is 7.01. The number of halogens is 1. The van der Waals surface area contributed by atoms with Crippen LogP contribution in [0.4, 0.5) is 0 Å². The highest BCUT2D eigenvalue weighted by Gasteiger charge is 2.26. The number of rotatable bonds is 12. The fourth-order valence-corrected chi connectivity index (χ4v) is 7.25. The molecule has 7 rings (SSSR count). The Morgan fingerprint density at radius 3 is 2.51 bits per heavy atom. The van der Waals surface area contributed by atoms with Crippen molar-refractivity contribution in [3.8, 4) is 40.2 Å². The highest BCUT2D eigenvalue weighted by Crippen LogP contribution is 2.39. The second-order valence-corrected chi connectivity index (χ2v) is 14.1. The van der Waals surface area contributed by atoms with Gasteiger partial charge in [0, 0.05) is 75.3 Å². The quantitative estimate of drug-likeness (QED) is 0.184. The van der Waals surface area contributed by atoms with Crippen molar-refractivity contribution in [1.82, 2.24) is 14.8 Å². The van der Waals surface area contributed by atoms with Crippen LogP contribution in [0.5, 0.6) is 23.0 Å². The minimum absolute atomic E-state index is 0.0438. The van der Waals surface area contributed by atoms with Crippen molar-refractivity contribution in [3.63, 3.8) is 0 Å². The molecule has 0 amide bonds. The molecule has 2 fully saturated rings. The second kappa shape index (κ2) is 15.9. The van der Waals surface area contributed by atoms with E-state index in [2.05, 4.69) is 52.0 Å². The van der Waals surface area contributed by atoms with Crippen LogP contribution in [0, 0.1) is 18.3 Å².